The Labute approximate surface area is 112 Å². The zero-order chi connectivity index (χ0) is 14.0. The maximum Gasteiger partial charge on any atom is 0.296 e. The monoisotopic (exact) mass is 262 g/mol. The second kappa shape index (κ2) is 5.40. The summed E-state index contributed by atoms with van der Waals surface area (Å²) in [6.45, 7) is 5.38. The van der Waals surface area contributed by atoms with E-state index in [-0.39, 0.29) is 6.10 Å². The zero-order valence-corrected chi connectivity index (χ0v) is 11.4. The lowest BCUT2D eigenvalue weighted by molar-refractivity contribution is -0.112. The number of rotatable bonds is 5. The number of hydrogen-bond donors (Lipinski definition) is 1. The number of fused-ring (bicyclic) bond motifs is 1. The topological polar surface area (TPSA) is 58.6 Å². The highest BCUT2D eigenvalue weighted by atomic mass is 16.5. The van der Waals surface area contributed by atoms with Crippen LogP contribution in [0.3, 0.4) is 0 Å². The minimum absolute atomic E-state index is 0.213. The van der Waals surface area contributed by atoms with Gasteiger partial charge >= 0.3 is 0 Å². The molecular weight excluding hydrogens is 244 g/mol. The fourth-order valence-corrected chi connectivity index (χ4v) is 1.93. The van der Waals surface area contributed by atoms with Crippen LogP contribution in [0.2, 0.25) is 0 Å². The van der Waals surface area contributed by atoms with Crippen LogP contribution in [0.5, 0.6) is 0 Å². The molecule has 0 radical (unpaired) electrons. The van der Waals surface area contributed by atoms with Crippen molar-refractivity contribution in [1.82, 2.24) is 0 Å². The Balaban J connectivity index is 2.05. The lowest BCUT2D eigenvalue weighted by Crippen LogP contribution is -2.23. The number of Topliss-reactive ketones (excluding diaryl/α,β-unsaturated/α-hetero) is 1. The third kappa shape index (κ3) is 2.93. The molecule has 5 heteroatoms. The van der Waals surface area contributed by atoms with E-state index in [9.17, 15) is 9.59 Å². The summed E-state index contributed by atoms with van der Waals surface area (Å²) in [6.07, 6.45) is 0.213. The van der Waals surface area contributed by atoms with Crippen molar-refractivity contribution < 1.29 is 14.3 Å². The molecule has 1 aromatic carbocycles. The van der Waals surface area contributed by atoms with Gasteiger partial charge in [0.25, 0.3) is 11.7 Å². The van der Waals surface area contributed by atoms with Gasteiger partial charge in [-0.25, -0.2) is 0 Å². The molecule has 1 heterocycles. The highest BCUT2D eigenvalue weighted by Crippen LogP contribution is 2.27. The van der Waals surface area contributed by atoms with Gasteiger partial charge in [-0.05, 0) is 32.0 Å². The van der Waals surface area contributed by atoms with Crippen LogP contribution in [0.4, 0.5) is 11.4 Å². The fourth-order valence-electron chi connectivity index (χ4n) is 1.93. The summed E-state index contributed by atoms with van der Waals surface area (Å²) in [6, 6.07) is 5.34. The maximum atomic E-state index is 11.5. The Morgan fingerprint density at radius 3 is 2.74 bits per heavy atom. The Morgan fingerprint density at radius 2 is 2.05 bits per heavy atom. The first-order valence-corrected chi connectivity index (χ1v) is 6.31. The molecule has 1 N–H and O–H groups in total. The molecule has 0 aromatic heterocycles. The van der Waals surface area contributed by atoms with Gasteiger partial charge in [0, 0.05) is 19.3 Å². The quantitative estimate of drug-likeness (QED) is 0.820. The highest BCUT2D eigenvalue weighted by molar-refractivity contribution is 6.51. The molecule has 5 nitrogen and oxygen atoms in total. The van der Waals surface area contributed by atoms with Gasteiger partial charge < -0.3 is 15.0 Å². The van der Waals surface area contributed by atoms with Gasteiger partial charge in [0.05, 0.1) is 24.0 Å². The van der Waals surface area contributed by atoms with E-state index >= 15 is 0 Å². The minimum atomic E-state index is -0.557. The van der Waals surface area contributed by atoms with Crippen LogP contribution in [0, 0.1) is 0 Å². The summed E-state index contributed by atoms with van der Waals surface area (Å²) >= 11 is 0. The number of benzene rings is 1. The van der Waals surface area contributed by atoms with Crippen LogP contribution in [0.15, 0.2) is 18.2 Å². The lowest BCUT2D eigenvalue weighted by Gasteiger charge is -2.20. The number of hydrogen-bond acceptors (Lipinski definition) is 4. The summed E-state index contributed by atoms with van der Waals surface area (Å²) in [5.74, 6) is -1.02. The van der Waals surface area contributed by atoms with E-state index < -0.39 is 11.7 Å². The van der Waals surface area contributed by atoms with Crippen LogP contribution in [-0.4, -0.2) is 38.0 Å². The second-order valence-electron chi connectivity index (χ2n) is 4.85. The van der Waals surface area contributed by atoms with Gasteiger partial charge in [0.15, 0.2) is 0 Å². The van der Waals surface area contributed by atoms with Crippen molar-refractivity contribution in [1.29, 1.82) is 0 Å². The molecule has 0 saturated carbocycles. The first kappa shape index (κ1) is 13.5. The fraction of sp³-hybridized carbons (Fsp3) is 0.429. The smallest absolute Gasteiger partial charge is 0.296 e. The van der Waals surface area contributed by atoms with E-state index in [4.69, 9.17) is 4.74 Å². The number of carbonyl (C=O) groups is 2. The van der Waals surface area contributed by atoms with Crippen molar-refractivity contribution in [2.75, 3.05) is 30.4 Å². The Bertz CT molecular complexity index is 511. The normalized spacial score (nSPS) is 13.7. The molecule has 1 aliphatic heterocycles. The molecule has 0 fully saturated rings. The van der Waals surface area contributed by atoms with Crippen molar-refractivity contribution in [3.63, 3.8) is 0 Å². The van der Waals surface area contributed by atoms with Gasteiger partial charge in [-0.1, -0.05) is 0 Å². The molecule has 0 bridgehead atoms. The SMILES string of the molecule is CC(C)OCCN(C)c1ccc2c(c1)NC(=O)C2=O. The molecule has 102 valence electrons. The average Bonchev–Trinajstić information content (AvgIpc) is 2.64. The van der Waals surface area contributed by atoms with E-state index in [1.165, 1.54) is 0 Å². The van der Waals surface area contributed by atoms with Crippen LogP contribution >= 0.6 is 0 Å². The van der Waals surface area contributed by atoms with E-state index in [1.54, 1.807) is 6.07 Å². The third-order valence-electron chi connectivity index (χ3n) is 3.02. The number of nitrogens with zero attached hydrogens (tertiary/aromatic N) is 1. The molecule has 19 heavy (non-hydrogen) atoms. The lowest BCUT2D eigenvalue weighted by atomic mass is 10.1. The molecule has 2 rings (SSSR count). The molecule has 0 atom stereocenters. The number of amides is 1. The van der Waals surface area contributed by atoms with Crippen LogP contribution in [-0.2, 0) is 9.53 Å². The molecule has 1 aliphatic rings. The van der Waals surface area contributed by atoms with Gasteiger partial charge in [0.2, 0.25) is 0 Å². The van der Waals surface area contributed by atoms with Gasteiger partial charge in [0.1, 0.15) is 0 Å². The van der Waals surface area contributed by atoms with Crippen molar-refractivity contribution in [3.05, 3.63) is 23.8 Å². The summed E-state index contributed by atoms with van der Waals surface area (Å²) in [4.78, 5) is 24.8. The standard InChI is InChI=1S/C14H18N2O3/c1-9(2)19-7-6-16(3)10-4-5-11-12(8-10)15-14(18)13(11)17/h4-5,8-9H,6-7H2,1-3H3,(H,15,17,18). The maximum absolute atomic E-state index is 11.5. The number of likely N-dealkylation sites (N-methyl/N-ethyl adjacent to an activating group) is 1. The molecule has 0 unspecified atom stereocenters. The van der Waals surface area contributed by atoms with Crippen molar-refractivity contribution >= 4 is 23.1 Å². The molecular formula is C14H18N2O3. The number of ketones is 1. The van der Waals surface area contributed by atoms with Gasteiger partial charge in [-0.2, -0.15) is 0 Å². The van der Waals surface area contributed by atoms with E-state index in [0.717, 1.165) is 12.2 Å². The van der Waals surface area contributed by atoms with Gasteiger partial charge in [-0.15, -0.1) is 0 Å². The number of anilines is 2. The van der Waals surface area contributed by atoms with E-state index in [1.807, 2.05) is 37.9 Å². The highest BCUT2D eigenvalue weighted by Gasteiger charge is 2.28. The Hall–Kier alpha value is -1.88. The van der Waals surface area contributed by atoms with Crippen molar-refractivity contribution in [3.8, 4) is 0 Å². The second-order valence-corrected chi connectivity index (χ2v) is 4.85. The zero-order valence-electron chi connectivity index (χ0n) is 11.4. The van der Waals surface area contributed by atoms with Crippen molar-refractivity contribution in [2.45, 2.75) is 20.0 Å². The largest absolute Gasteiger partial charge is 0.377 e. The Morgan fingerprint density at radius 1 is 1.32 bits per heavy atom. The Kier molecular flexibility index (Phi) is 3.85. The van der Waals surface area contributed by atoms with E-state index in [2.05, 4.69) is 5.32 Å². The van der Waals surface area contributed by atoms with Crippen LogP contribution in [0.1, 0.15) is 24.2 Å². The summed E-state index contributed by atoms with van der Waals surface area (Å²) < 4.78 is 5.50. The summed E-state index contributed by atoms with van der Waals surface area (Å²) in [5.41, 5.74) is 1.98. The average molecular weight is 262 g/mol. The van der Waals surface area contributed by atoms with Crippen LogP contribution in [0.25, 0.3) is 0 Å². The summed E-state index contributed by atoms with van der Waals surface area (Å²) in [5, 5.41) is 2.57. The number of carbonyl (C=O) groups excluding carboxylic acids is 2. The predicted octanol–water partition coefficient (Wildman–Crippen LogP) is 1.68. The molecule has 0 aliphatic carbocycles. The van der Waals surface area contributed by atoms with Gasteiger partial charge in [-0.3, -0.25) is 9.59 Å². The minimum Gasteiger partial charge on any atom is -0.377 e. The molecule has 1 amide bonds. The molecule has 0 spiro atoms. The number of nitrogens with one attached hydrogen (secondary N) is 1. The van der Waals surface area contributed by atoms with Crippen molar-refractivity contribution in [2.24, 2.45) is 0 Å². The third-order valence-corrected chi connectivity index (χ3v) is 3.02. The number of ether oxygens (including phenoxy) is 1. The predicted molar refractivity (Wildman–Crippen MR) is 73.8 cm³/mol. The molecule has 1 aromatic rings. The van der Waals surface area contributed by atoms with E-state index in [0.29, 0.717) is 17.9 Å². The first-order valence-electron chi connectivity index (χ1n) is 6.31. The molecule has 0 saturated heterocycles. The summed E-state index contributed by atoms with van der Waals surface area (Å²) in [7, 11) is 1.95. The van der Waals surface area contributed by atoms with Crippen LogP contribution < -0.4 is 10.2 Å². The first-order chi connectivity index (χ1) is 8.99.